The van der Waals surface area contributed by atoms with Crippen LogP contribution in [0.4, 0.5) is 4.39 Å². The van der Waals surface area contributed by atoms with Crippen LogP contribution in [0.2, 0.25) is 0 Å². The summed E-state index contributed by atoms with van der Waals surface area (Å²) in [5.41, 5.74) is 0.776. The minimum Gasteiger partial charge on any atom is -0.478 e. The van der Waals surface area contributed by atoms with Crippen molar-refractivity contribution in [2.45, 2.75) is 13.0 Å². The molecule has 0 fully saturated rings. The van der Waals surface area contributed by atoms with Gasteiger partial charge in [-0.25, -0.2) is 9.18 Å². The van der Waals surface area contributed by atoms with Crippen LogP contribution in [-0.4, -0.2) is 17.0 Å². The quantitative estimate of drug-likeness (QED) is 0.908. The Bertz CT molecular complexity index is 667. The summed E-state index contributed by atoms with van der Waals surface area (Å²) < 4.78 is 12.9. The van der Waals surface area contributed by atoms with Gasteiger partial charge in [0.2, 0.25) is 0 Å². The van der Waals surface area contributed by atoms with Crippen molar-refractivity contribution in [3.8, 4) is 0 Å². The first-order chi connectivity index (χ1) is 9.99. The molecular weight excluding hydrogens is 273 g/mol. The van der Waals surface area contributed by atoms with Crippen LogP contribution in [0.5, 0.6) is 0 Å². The highest BCUT2D eigenvalue weighted by atomic mass is 19.1. The molecule has 0 aliphatic rings. The second-order valence-electron chi connectivity index (χ2n) is 4.60. The zero-order chi connectivity index (χ0) is 15.4. The van der Waals surface area contributed by atoms with Crippen LogP contribution in [0, 0.1) is 5.82 Å². The summed E-state index contributed by atoms with van der Waals surface area (Å²) in [4.78, 5) is 23.3. The van der Waals surface area contributed by atoms with Gasteiger partial charge < -0.3 is 10.4 Å². The lowest BCUT2D eigenvalue weighted by Gasteiger charge is -2.15. The van der Waals surface area contributed by atoms with Crippen LogP contribution in [0.15, 0.2) is 48.5 Å². The Labute approximate surface area is 121 Å². The van der Waals surface area contributed by atoms with Gasteiger partial charge >= 0.3 is 5.97 Å². The van der Waals surface area contributed by atoms with Gasteiger partial charge in [-0.3, -0.25) is 4.79 Å². The van der Waals surface area contributed by atoms with Gasteiger partial charge in [-0.15, -0.1) is 0 Å². The SMILES string of the molecule is C[C@H](NC(=O)c1ccccc1C(=O)O)c1ccc(F)cc1. The maximum Gasteiger partial charge on any atom is 0.336 e. The summed E-state index contributed by atoms with van der Waals surface area (Å²) in [6, 6.07) is 11.4. The van der Waals surface area contributed by atoms with Gasteiger partial charge in [-0.05, 0) is 36.8 Å². The lowest BCUT2D eigenvalue weighted by molar-refractivity contribution is 0.0690. The number of nitrogens with one attached hydrogen (secondary N) is 1. The second-order valence-corrected chi connectivity index (χ2v) is 4.60. The van der Waals surface area contributed by atoms with E-state index in [1.807, 2.05) is 0 Å². The van der Waals surface area contributed by atoms with E-state index in [-0.39, 0.29) is 23.0 Å². The topological polar surface area (TPSA) is 66.4 Å². The van der Waals surface area contributed by atoms with Crippen molar-refractivity contribution in [3.05, 3.63) is 71.0 Å². The summed E-state index contributed by atoms with van der Waals surface area (Å²) in [6.07, 6.45) is 0. The monoisotopic (exact) mass is 287 g/mol. The molecule has 5 heteroatoms. The molecule has 0 unspecified atom stereocenters. The van der Waals surface area contributed by atoms with Crippen LogP contribution in [0.1, 0.15) is 39.2 Å². The Kier molecular flexibility index (Phi) is 4.33. The molecule has 0 heterocycles. The number of carbonyl (C=O) groups is 2. The first-order valence-electron chi connectivity index (χ1n) is 6.37. The van der Waals surface area contributed by atoms with Crippen molar-refractivity contribution in [2.75, 3.05) is 0 Å². The van der Waals surface area contributed by atoms with Crippen LogP contribution >= 0.6 is 0 Å². The zero-order valence-corrected chi connectivity index (χ0v) is 11.3. The summed E-state index contributed by atoms with van der Waals surface area (Å²) in [5.74, 6) is -1.99. The van der Waals surface area contributed by atoms with E-state index in [4.69, 9.17) is 5.11 Å². The molecule has 1 atom stereocenters. The average molecular weight is 287 g/mol. The van der Waals surface area contributed by atoms with Gasteiger partial charge in [0.1, 0.15) is 5.82 Å². The summed E-state index contributed by atoms with van der Waals surface area (Å²) in [6.45, 7) is 1.74. The highest BCUT2D eigenvalue weighted by Gasteiger charge is 2.17. The number of carboxylic acid groups (broad SMARTS) is 1. The van der Waals surface area contributed by atoms with Gasteiger partial charge in [0.05, 0.1) is 17.2 Å². The van der Waals surface area contributed by atoms with Crippen molar-refractivity contribution in [3.63, 3.8) is 0 Å². The molecule has 0 aliphatic carbocycles. The fourth-order valence-corrected chi connectivity index (χ4v) is 1.98. The molecule has 0 spiro atoms. The van der Waals surface area contributed by atoms with E-state index in [1.54, 1.807) is 31.2 Å². The molecule has 0 radical (unpaired) electrons. The lowest BCUT2D eigenvalue weighted by Crippen LogP contribution is -2.28. The van der Waals surface area contributed by atoms with E-state index in [0.717, 1.165) is 5.56 Å². The molecular formula is C16H14FNO3. The number of carbonyl (C=O) groups excluding carboxylic acids is 1. The van der Waals surface area contributed by atoms with E-state index in [0.29, 0.717) is 0 Å². The van der Waals surface area contributed by atoms with Crippen molar-refractivity contribution >= 4 is 11.9 Å². The van der Waals surface area contributed by atoms with Crippen LogP contribution in [0.25, 0.3) is 0 Å². The molecule has 1 amide bonds. The van der Waals surface area contributed by atoms with E-state index in [1.165, 1.54) is 24.3 Å². The van der Waals surface area contributed by atoms with E-state index in [9.17, 15) is 14.0 Å². The Morgan fingerprint density at radius 1 is 1.05 bits per heavy atom. The van der Waals surface area contributed by atoms with Gasteiger partial charge in [0.25, 0.3) is 5.91 Å². The predicted molar refractivity (Wildman–Crippen MR) is 75.7 cm³/mol. The number of rotatable bonds is 4. The third-order valence-corrected chi connectivity index (χ3v) is 3.12. The molecule has 2 rings (SSSR count). The third-order valence-electron chi connectivity index (χ3n) is 3.12. The van der Waals surface area contributed by atoms with Crippen LogP contribution in [0.3, 0.4) is 0 Å². The number of benzene rings is 2. The molecule has 0 aliphatic heterocycles. The molecule has 108 valence electrons. The number of hydrogen-bond donors (Lipinski definition) is 2. The minimum absolute atomic E-state index is 0.0543. The normalized spacial score (nSPS) is 11.7. The molecule has 4 nitrogen and oxygen atoms in total. The predicted octanol–water partition coefficient (Wildman–Crippen LogP) is 3.01. The second kappa shape index (κ2) is 6.17. The number of halogens is 1. The van der Waals surface area contributed by atoms with Crippen molar-refractivity contribution in [1.29, 1.82) is 0 Å². The third kappa shape index (κ3) is 3.45. The Hall–Kier alpha value is -2.69. The van der Waals surface area contributed by atoms with E-state index < -0.39 is 11.9 Å². The molecule has 21 heavy (non-hydrogen) atoms. The number of hydrogen-bond acceptors (Lipinski definition) is 2. The Balaban J connectivity index is 2.18. The van der Waals surface area contributed by atoms with E-state index >= 15 is 0 Å². The fourth-order valence-electron chi connectivity index (χ4n) is 1.98. The lowest BCUT2D eigenvalue weighted by atomic mass is 10.0. The van der Waals surface area contributed by atoms with Gasteiger partial charge in [0, 0.05) is 0 Å². The van der Waals surface area contributed by atoms with Gasteiger partial charge in [-0.1, -0.05) is 24.3 Å². The van der Waals surface area contributed by atoms with Crippen molar-refractivity contribution < 1.29 is 19.1 Å². The molecule has 0 bridgehead atoms. The largest absolute Gasteiger partial charge is 0.478 e. The van der Waals surface area contributed by atoms with E-state index in [2.05, 4.69) is 5.32 Å². The Morgan fingerprint density at radius 3 is 2.19 bits per heavy atom. The molecule has 0 saturated carbocycles. The number of amides is 1. The fraction of sp³-hybridized carbons (Fsp3) is 0.125. The van der Waals surface area contributed by atoms with Crippen LogP contribution in [-0.2, 0) is 0 Å². The standard InChI is InChI=1S/C16H14FNO3/c1-10(11-6-8-12(17)9-7-11)18-15(19)13-4-2-3-5-14(13)16(20)21/h2-10H,1H3,(H,18,19)(H,20,21)/t10-/m0/s1. The average Bonchev–Trinajstić information content (AvgIpc) is 2.47. The summed E-state index contributed by atoms with van der Waals surface area (Å²) in [5, 5.41) is 11.8. The highest BCUT2D eigenvalue weighted by Crippen LogP contribution is 2.15. The highest BCUT2D eigenvalue weighted by molar-refractivity contribution is 6.04. The Morgan fingerprint density at radius 2 is 1.62 bits per heavy atom. The number of carboxylic acids is 1. The molecule has 0 saturated heterocycles. The zero-order valence-electron chi connectivity index (χ0n) is 11.3. The van der Waals surface area contributed by atoms with Gasteiger partial charge in [-0.2, -0.15) is 0 Å². The molecule has 0 aromatic heterocycles. The summed E-state index contributed by atoms with van der Waals surface area (Å²) in [7, 11) is 0. The first-order valence-corrected chi connectivity index (χ1v) is 6.37. The maximum atomic E-state index is 12.9. The summed E-state index contributed by atoms with van der Waals surface area (Å²) >= 11 is 0. The molecule has 2 aromatic carbocycles. The number of aromatic carboxylic acids is 1. The minimum atomic E-state index is -1.16. The smallest absolute Gasteiger partial charge is 0.336 e. The first kappa shape index (κ1) is 14.7. The maximum absolute atomic E-state index is 12.9. The van der Waals surface area contributed by atoms with Gasteiger partial charge in [0.15, 0.2) is 0 Å². The molecule has 2 N–H and O–H groups in total. The molecule has 2 aromatic rings. The van der Waals surface area contributed by atoms with Crippen molar-refractivity contribution in [2.24, 2.45) is 0 Å². The van der Waals surface area contributed by atoms with Crippen LogP contribution < -0.4 is 5.32 Å². The van der Waals surface area contributed by atoms with Crippen molar-refractivity contribution in [1.82, 2.24) is 5.32 Å².